The van der Waals surface area contributed by atoms with Gasteiger partial charge in [-0.2, -0.15) is 0 Å². The second-order valence-electron chi connectivity index (χ2n) is 3.77. The molecule has 15 heavy (non-hydrogen) atoms. The molecule has 0 saturated heterocycles. The van der Waals surface area contributed by atoms with Gasteiger partial charge in [-0.1, -0.05) is 24.3 Å². The molecule has 0 aromatic heterocycles. The molecule has 3 nitrogen and oxygen atoms in total. The van der Waals surface area contributed by atoms with Crippen LogP contribution in [0, 0.1) is 0 Å². The fraction of sp³-hybridized carbons (Fsp3) is 0.273. The van der Waals surface area contributed by atoms with Gasteiger partial charge in [0, 0.05) is 5.70 Å². The maximum atomic E-state index is 11.6. The summed E-state index contributed by atoms with van der Waals surface area (Å²) in [5.74, 6) is 0.0534. The molecule has 1 aliphatic heterocycles. The summed E-state index contributed by atoms with van der Waals surface area (Å²) < 4.78 is 25.9. The largest absolute Gasteiger partial charge is 0.287 e. The number of hydrogen-bond donors (Lipinski definition) is 1. The molecular weight excluding hydrogens is 210 g/mol. The molecule has 1 heterocycles. The lowest BCUT2D eigenvalue weighted by molar-refractivity contribution is 0.588. The van der Waals surface area contributed by atoms with E-state index in [1.807, 2.05) is 31.2 Å². The number of fused-ring (bicyclic) bond motifs is 1. The zero-order valence-corrected chi connectivity index (χ0v) is 9.56. The van der Waals surface area contributed by atoms with Crippen molar-refractivity contribution in [3.63, 3.8) is 0 Å². The average Bonchev–Trinajstić information content (AvgIpc) is 2.23. The Bertz CT molecular complexity index is 529. The van der Waals surface area contributed by atoms with Gasteiger partial charge >= 0.3 is 0 Å². The molecule has 4 heteroatoms. The van der Waals surface area contributed by atoms with Gasteiger partial charge in [0.15, 0.2) is 0 Å². The van der Waals surface area contributed by atoms with Crippen LogP contribution >= 0.6 is 0 Å². The number of nitrogens with one attached hydrogen (secondary N) is 1. The summed E-state index contributed by atoms with van der Waals surface area (Å²) in [6, 6.07) is 7.60. The van der Waals surface area contributed by atoms with Crippen LogP contribution in [0.5, 0.6) is 0 Å². The maximum Gasteiger partial charge on any atom is 0.236 e. The van der Waals surface area contributed by atoms with Gasteiger partial charge in [0.2, 0.25) is 10.0 Å². The second kappa shape index (κ2) is 3.38. The van der Waals surface area contributed by atoms with Crippen LogP contribution in [0.25, 0.3) is 5.57 Å². The maximum absolute atomic E-state index is 11.6. The third kappa shape index (κ3) is 1.90. The van der Waals surface area contributed by atoms with Crippen molar-refractivity contribution in [3.05, 3.63) is 41.1 Å². The summed E-state index contributed by atoms with van der Waals surface area (Å²) in [5.41, 5.74) is 3.58. The van der Waals surface area contributed by atoms with Crippen molar-refractivity contribution in [1.29, 1.82) is 0 Å². The van der Waals surface area contributed by atoms with Gasteiger partial charge < -0.3 is 0 Å². The molecule has 0 spiro atoms. The lowest BCUT2D eigenvalue weighted by atomic mass is 10.0. The monoisotopic (exact) mass is 223 g/mol. The van der Waals surface area contributed by atoms with E-state index in [4.69, 9.17) is 0 Å². The Balaban J connectivity index is 2.70. The predicted molar refractivity (Wildman–Crippen MR) is 60.5 cm³/mol. The Morgan fingerprint density at radius 2 is 1.87 bits per heavy atom. The predicted octanol–water partition coefficient (Wildman–Crippen LogP) is 1.87. The molecule has 0 amide bonds. The van der Waals surface area contributed by atoms with Crippen LogP contribution in [0.3, 0.4) is 0 Å². The summed E-state index contributed by atoms with van der Waals surface area (Å²) in [4.78, 5) is 0. The molecule has 0 aliphatic carbocycles. The van der Waals surface area contributed by atoms with Gasteiger partial charge in [-0.3, -0.25) is 4.72 Å². The highest BCUT2D eigenvalue weighted by Gasteiger charge is 2.20. The zero-order chi connectivity index (χ0) is 11.1. The van der Waals surface area contributed by atoms with Gasteiger partial charge in [-0.15, -0.1) is 0 Å². The molecule has 1 aromatic carbocycles. The quantitative estimate of drug-likeness (QED) is 0.730. The first-order valence-electron chi connectivity index (χ1n) is 4.76. The van der Waals surface area contributed by atoms with Crippen molar-refractivity contribution in [1.82, 2.24) is 4.72 Å². The first-order valence-corrected chi connectivity index (χ1v) is 6.41. The van der Waals surface area contributed by atoms with Gasteiger partial charge in [-0.05, 0) is 30.5 Å². The van der Waals surface area contributed by atoms with Crippen LogP contribution in [-0.2, 0) is 15.8 Å². The van der Waals surface area contributed by atoms with E-state index < -0.39 is 10.0 Å². The molecule has 1 aliphatic rings. The van der Waals surface area contributed by atoms with Crippen LogP contribution < -0.4 is 4.72 Å². The summed E-state index contributed by atoms with van der Waals surface area (Å²) in [6.45, 7) is 3.72. The van der Waals surface area contributed by atoms with Gasteiger partial charge in [0.1, 0.15) is 0 Å². The summed E-state index contributed by atoms with van der Waals surface area (Å²) >= 11 is 0. The topological polar surface area (TPSA) is 46.2 Å². The van der Waals surface area contributed by atoms with Crippen molar-refractivity contribution < 1.29 is 8.42 Å². The number of sulfonamides is 1. The van der Waals surface area contributed by atoms with Crippen molar-refractivity contribution in [2.24, 2.45) is 0 Å². The van der Waals surface area contributed by atoms with E-state index in [1.54, 1.807) is 6.92 Å². The highest BCUT2D eigenvalue weighted by Crippen LogP contribution is 2.25. The lowest BCUT2D eigenvalue weighted by Crippen LogP contribution is -2.22. The minimum Gasteiger partial charge on any atom is -0.287 e. The molecule has 0 radical (unpaired) electrons. The molecule has 80 valence electrons. The van der Waals surface area contributed by atoms with Crippen molar-refractivity contribution in [2.45, 2.75) is 19.6 Å². The Morgan fingerprint density at radius 3 is 2.60 bits per heavy atom. The Kier molecular flexibility index (Phi) is 2.31. The van der Waals surface area contributed by atoms with E-state index in [2.05, 4.69) is 4.72 Å². The van der Waals surface area contributed by atoms with E-state index in [0.717, 1.165) is 16.7 Å². The van der Waals surface area contributed by atoms with Crippen molar-refractivity contribution in [2.75, 3.05) is 0 Å². The van der Waals surface area contributed by atoms with Gasteiger partial charge in [0.25, 0.3) is 0 Å². The van der Waals surface area contributed by atoms with E-state index in [0.29, 0.717) is 5.70 Å². The van der Waals surface area contributed by atoms with E-state index in [9.17, 15) is 8.42 Å². The normalized spacial score (nSPS) is 19.1. The fourth-order valence-corrected chi connectivity index (χ4v) is 3.12. The zero-order valence-electron chi connectivity index (χ0n) is 8.74. The molecule has 0 atom stereocenters. The Morgan fingerprint density at radius 1 is 1.20 bits per heavy atom. The molecule has 1 N–H and O–H groups in total. The average molecular weight is 223 g/mol. The van der Waals surface area contributed by atoms with Crippen molar-refractivity contribution in [3.8, 4) is 0 Å². The highest BCUT2D eigenvalue weighted by molar-refractivity contribution is 7.88. The number of hydrogen-bond acceptors (Lipinski definition) is 2. The van der Waals surface area contributed by atoms with Crippen molar-refractivity contribution >= 4 is 15.6 Å². The first-order chi connectivity index (χ1) is 6.99. The number of allylic oxidation sites excluding steroid dienone is 2. The first kappa shape index (κ1) is 10.2. The summed E-state index contributed by atoms with van der Waals surface area (Å²) in [6.07, 6.45) is 0. The second-order valence-corrected chi connectivity index (χ2v) is 5.49. The van der Waals surface area contributed by atoms with Crippen LogP contribution in [0.4, 0.5) is 0 Å². The van der Waals surface area contributed by atoms with E-state index in [1.165, 1.54) is 0 Å². The summed E-state index contributed by atoms with van der Waals surface area (Å²) in [7, 11) is -3.22. The van der Waals surface area contributed by atoms with Gasteiger partial charge in [0.05, 0.1) is 5.75 Å². The molecular formula is C11H13NO2S. The molecule has 0 fully saturated rings. The van der Waals surface area contributed by atoms with Crippen LogP contribution in [0.15, 0.2) is 30.0 Å². The minimum atomic E-state index is -3.22. The Hall–Kier alpha value is -1.29. The van der Waals surface area contributed by atoms with Crippen LogP contribution in [0.1, 0.15) is 25.0 Å². The third-order valence-corrected chi connectivity index (χ3v) is 3.95. The molecule has 0 bridgehead atoms. The molecule has 0 saturated carbocycles. The Labute approximate surface area is 89.9 Å². The van der Waals surface area contributed by atoms with Crippen LogP contribution in [0.2, 0.25) is 0 Å². The van der Waals surface area contributed by atoms with E-state index in [-0.39, 0.29) is 5.75 Å². The molecule has 1 aromatic rings. The van der Waals surface area contributed by atoms with Crippen LogP contribution in [-0.4, -0.2) is 8.42 Å². The SMILES string of the molecule is CC1=C(C)c2ccccc2CS(=O)(=O)N1. The third-order valence-electron chi connectivity index (χ3n) is 2.64. The fourth-order valence-electron chi connectivity index (χ4n) is 1.76. The minimum absolute atomic E-state index is 0.0534. The molecule has 0 unspecified atom stereocenters. The standard InChI is InChI=1S/C11H13NO2S/c1-8-9(2)12-15(13,14)7-10-5-3-4-6-11(8)10/h3-6,12H,7H2,1-2H3. The number of benzene rings is 1. The smallest absolute Gasteiger partial charge is 0.236 e. The van der Waals surface area contributed by atoms with E-state index >= 15 is 0 Å². The summed E-state index contributed by atoms with van der Waals surface area (Å²) in [5, 5.41) is 0. The molecule has 2 rings (SSSR count). The highest BCUT2D eigenvalue weighted by atomic mass is 32.2. The number of rotatable bonds is 0. The van der Waals surface area contributed by atoms with Gasteiger partial charge in [-0.25, -0.2) is 8.42 Å². The lowest BCUT2D eigenvalue weighted by Gasteiger charge is -2.05.